The predicted molar refractivity (Wildman–Crippen MR) is 70.9 cm³/mol. The molecule has 1 atom stereocenters. The van der Waals surface area contributed by atoms with Gasteiger partial charge in [-0.1, -0.05) is 0 Å². The van der Waals surface area contributed by atoms with Crippen molar-refractivity contribution in [2.75, 3.05) is 27.3 Å². The molecule has 2 rings (SSSR count). The van der Waals surface area contributed by atoms with Gasteiger partial charge in [0.15, 0.2) is 11.5 Å². The summed E-state index contributed by atoms with van der Waals surface area (Å²) in [5.74, 6) is 0.826. The summed E-state index contributed by atoms with van der Waals surface area (Å²) in [6.45, 7) is 1.84. The Hall–Kier alpha value is -1.75. The number of hydrogen-bond donors (Lipinski definition) is 1. The first kappa shape index (κ1) is 13.7. The lowest BCUT2D eigenvalue weighted by Crippen LogP contribution is -2.37. The highest BCUT2D eigenvalue weighted by Gasteiger charge is 2.18. The number of piperidine rings is 1. The molecular formula is C14H19NO4. The summed E-state index contributed by atoms with van der Waals surface area (Å²) in [6.07, 6.45) is 2.19. The Kier molecular flexibility index (Phi) is 4.63. The average Bonchev–Trinajstić information content (AvgIpc) is 2.47. The number of hydrogen-bond acceptors (Lipinski definition) is 5. The number of rotatable bonds is 4. The van der Waals surface area contributed by atoms with Crippen LogP contribution >= 0.6 is 0 Å². The average molecular weight is 265 g/mol. The highest BCUT2D eigenvalue weighted by atomic mass is 16.5. The molecule has 1 heterocycles. The van der Waals surface area contributed by atoms with Crippen molar-refractivity contribution in [2.45, 2.75) is 18.9 Å². The van der Waals surface area contributed by atoms with Crippen molar-refractivity contribution in [2.24, 2.45) is 0 Å². The van der Waals surface area contributed by atoms with Crippen LogP contribution in [0, 0.1) is 0 Å². The first-order valence-electron chi connectivity index (χ1n) is 6.38. The fourth-order valence-electron chi connectivity index (χ4n) is 2.11. The number of methoxy groups -OCH3 is 2. The summed E-state index contributed by atoms with van der Waals surface area (Å²) < 4.78 is 15.9. The highest BCUT2D eigenvalue weighted by Crippen LogP contribution is 2.30. The van der Waals surface area contributed by atoms with Crippen molar-refractivity contribution in [3.63, 3.8) is 0 Å². The minimum atomic E-state index is -0.380. The van der Waals surface area contributed by atoms with Gasteiger partial charge in [0.05, 0.1) is 19.8 Å². The third-order valence-corrected chi connectivity index (χ3v) is 3.13. The van der Waals surface area contributed by atoms with Gasteiger partial charge in [0, 0.05) is 6.54 Å². The molecule has 1 N–H and O–H groups in total. The second-order valence-electron chi connectivity index (χ2n) is 4.44. The summed E-state index contributed by atoms with van der Waals surface area (Å²) in [7, 11) is 2.94. The molecule has 0 saturated carbocycles. The van der Waals surface area contributed by atoms with Gasteiger partial charge in [-0.2, -0.15) is 0 Å². The minimum Gasteiger partial charge on any atom is -0.493 e. The summed E-state index contributed by atoms with van der Waals surface area (Å²) in [5, 5.41) is 3.28. The number of nitrogens with one attached hydrogen (secondary N) is 1. The van der Waals surface area contributed by atoms with E-state index in [0.29, 0.717) is 17.1 Å². The molecule has 1 aliphatic heterocycles. The normalized spacial score (nSPS) is 18.7. The van der Waals surface area contributed by atoms with Gasteiger partial charge in [0.1, 0.15) is 6.10 Å². The molecule has 0 bridgehead atoms. The Balaban J connectivity index is 2.17. The van der Waals surface area contributed by atoms with Gasteiger partial charge in [-0.05, 0) is 37.6 Å². The zero-order valence-corrected chi connectivity index (χ0v) is 11.3. The van der Waals surface area contributed by atoms with E-state index in [0.717, 1.165) is 25.9 Å². The van der Waals surface area contributed by atoms with E-state index in [2.05, 4.69) is 5.32 Å². The molecule has 1 saturated heterocycles. The second kappa shape index (κ2) is 6.43. The van der Waals surface area contributed by atoms with Crippen molar-refractivity contribution >= 4 is 5.97 Å². The Morgan fingerprint density at radius 3 is 2.79 bits per heavy atom. The van der Waals surface area contributed by atoms with E-state index in [1.165, 1.54) is 7.11 Å². The van der Waals surface area contributed by atoms with Gasteiger partial charge in [-0.25, -0.2) is 4.79 Å². The molecule has 1 aliphatic rings. The van der Waals surface area contributed by atoms with Gasteiger partial charge in [0.2, 0.25) is 0 Å². The standard InChI is InChI=1S/C14H19NO4/c1-17-12-6-5-10(14(16)18-2)8-13(12)19-11-4-3-7-15-9-11/h5-6,8,11,15H,3-4,7,9H2,1-2H3. The zero-order chi connectivity index (χ0) is 13.7. The summed E-state index contributed by atoms with van der Waals surface area (Å²) in [4.78, 5) is 11.5. The molecule has 1 fully saturated rings. The van der Waals surface area contributed by atoms with Crippen LogP contribution in [-0.2, 0) is 4.74 Å². The fourth-order valence-corrected chi connectivity index (χ4v) is 2.11. The summed E-state index contributed by atoms with van der Waals surface area (Å²) in [6, 6.07) is 5.05. The topological polar surface area (TPSA) is 56.8 Å². The quantitative estimate of drug-likeness (QED) is 0.838. The Labute approximate surface area is 112 Å². The van der Waals surface area contributed by atoms with E-state index in [4.69, 9.17) is 14.2 Å². The number of carbonyl (C=O) groups is 1. The lowest BCUT2D eigenvalue weighted by molar-refractivity contribution is 0.0599. The van der Waals surface area contributed by atoms with Crippen LogP contribution < -0.4 is 14.8 Å². The van der Waals surface area contributed by atoms with Gasteiger partial charge in [-0.3, -0.25) is 0 Å². The van der Waals surface area contributed by atoms with Crippen LogP contribution in [0.3, 0.4) is 0 Å². The Bertz CT molecular complexity index is 441. The van der Waals surface area contributed by atoms with E-state index in [1.54, 1.807) is 25.3 Å². The third-order valence-electron chi connectivity index (χ3n) is 3.13. The van der Waals surface area contributed by atoms with Crippen LogP contribution in [-0.4, -0.2) is 39.4 Å². The first-order chi connectivity index (χ1) is 9.24. The maximum atomic E-state index is 11.5. The SMILES string of the molecule is COC(=O)c1ccc(OC)c(OC2CCCNC2)c1. The van der Waals surface area contributed by atoms with Crippen molar-refractivity contribution in [1.82, 2.24) is 5.32 Å². The molecule has 5 heteroatoms. The smallest absolute Gasteiger partial charge is 0.337 e. The molecule has 0 radical (unpaired) electrons. The van der Waals surface area contributed by atoms with Crippen LogP contribution in [0.4, 0.5) is 0 Å². The molecule has 5 nitrogen and oxygen atoms in total. The minimum absolute atomic E-state index is 0.107. The maximum Gasteiger partial charge on any atom is 0.337 e. The van der Waals surface area contributed by atoms with Crippen LogP contribution in [0.15, 0.2) is 18.2 Å². The van der Waals surface area contributed by atoms with E-state index < -0.39 is 0 Å². The van der Waals surface area contributed by atoms with Gasteiger partial charge >= 0.3 is 5.97 Å². The summed E-state index contributed by atoms with van der Waals surface area (Å²) >= 11 is 0. The number of carbonyl (C=O) groups excluding carboxylic acids is 1. The first-order valence-corrected chi connectivity index (χ1v) is 6.38. The maximum absolute atomic E-state index is 11.5. The van der Waals surface area contributed by atoms with E-state index in [-0.39, 0.29) is 12.1 Å². The van der Waals surface area contributed by atoms with E-state index >= 15 is 0 Å². The zero-order valence-electron chi connectivity index (χ0n) is 11.3. The van der Waals surface area contributed by atoms with Crippen LogP contribution in [0.2, 0.25) is 0 Å². The third kappa shape index (κ3) is 3.38. The lowest BCUT2D eigenvalue weighted by Gasteiger charge is -2.24. The van der Waals surface area contributed by atoms with Crippen molar-refractivity contribution in [3.8, 4) is 11.5 Å². The number of ether oxygens (including phenoxy) is 3. The molecule has 104 valence electrons. The van der Waals surface area contributed by atoms with Crippen LogP contribution in [0.1, 0.15) is 23.2 Å². The van der Waals surface area contributed by atoms with Crippen LogP contribution in [0.5, 0.6) is 11.5 Å². The number of benzene rings is 1. The second-order valence-corrected chi connectivity index (χ2v) is 4.44. The molecule has 0 spiro atoms. The highest BCUT2D eigenvalue weighted by molar-refractivity contribution is 5.90. The molecule has 0 aromatic heterocycles. The predicted octanol–water partition coefficient (Wildman–Crippen LogP) is 1.61. The fraction of sp³-hybridized carbons (Fsp3) is 0.500. The van der Waals surface area contributed by atoms with Gasteiger partial charge in [0.25, 0.3) is 0 Å². The Morgan fingerprint density at radius 2 is 2.16 bits per heavy atom. The van der Waals surface area contributed by atoms with Gasteiger partial charge in [-0.15, -0.1) is 0 Å². The molecule has 19 heavy (non-hydrogen) atoms. The van der Waals surface area contributed by atoms with E-state index in [1.807, 2.05) is 0 Å². The van der Waals surface area contributed by atoms with Crippen molar-refractivity contribution in [3.05, 3.63) is 23.8 Å². The van der Waals surface area contributed by atoms with Gasteiger partial charge < -0.3 is 19.5 Å². The molecule has 0 amide bonds. The molecule has 0 aliphatic carbocycles. The largest absolute Gasteiger partial charge is 0.493 e. The monoisotopic (exact) mass is 265 g/mol. The Morgan fingerprint density at radius 1 is 1.32 bits per heavy atom. The molecular weight excluding hydrogens is 246 g/mol. The molecule has 1 unspecified atom stereocenters. The molecule has 1 aromatic carbocycles. The van der Waals surface area contributed by atoms with E-state index in [9.17, 15) is 4.79 Å². The number of esters is 1. The van der Waals surface area contributed by atoms with Crippen molar-refractivity contribution < 1.29 is 19.0 Å². The molecule has 1 aromatic rings. The van der Waals surface area contributed by atoms with Crippen molar-refractivity contribution in [1.29, 1.82) is 0 Å². The summed E-state index contributed by atoms with van der Waals surface area (Å²) in [5.41, 5.74) is 0.460. The lowest BCUT2D eigenvalue weighted by atomic mass is 10.1. The van der Waals surface area contributed by atoms with Crippen LogP contribution in [0.25, 0.3) is 0 Å².